The maximum absolute atomic E-state index is 12.8. The van der Waals surface area contributed by atoms with Crippen molar-refractivity contribution < 1.29 is 14.3 Å². The zero-order valence-electron chi connectivity index (χ0n) is 16.1. The monoisotopic (exact) mass is 379 g/mol. The van der Waals surface area contributed by atoms with Gasteiger partial charge in [-0.2, -0.15) is 0 Å². The van der Waals surface area contributed by atoms with Gasteiger partial charge in [0.25, 0.3) is 5.91 Å². The molecule has 1 saturated heterocycles. The lowest BCUT2D eigenvalue weighted by molar-refractivity contribution is 0.0762. The van der Waals surface area contributed by atoms with Crippen molar-refractivity contribution in [1.29, 1.82) is 0 Å². The maximum Gasteiger partial charge on any atom is 0.318 e. The van der Waals surface area contributed by atoms with E-state index in [1.807, 2.05) is 60.4 Å². The Morgan fingerprint density at radius 3 is 2.64 bits per heavy atom. The van der Waals surface area contributed by atoms with Crippen molar-refractivity contribution in [2.75, 3.05) is 32.8 Å². The topological polar surface area (TPSA) is 61.9 Å². The first-order chi connectivity index (χ1) is 13.6. The fourth-order valence-electron chi connectivity index (χ4n) is 3.81. The van der Waals surface area contributed by atoms with Crippen LogP contribution in [-0.4, -0.2) is 54.5 Å². The van der Waals surface area contributed by atoms with E-state index in [0.717, 1.165) is 23.3 Å². The molecule has 1 fully saturated rings. The number of carbonyl (C=O) groups is 2. The fourth-order valence-corrected chi connectivity index (χ4v) is 3.81. The molecular formula is C22H25N3O3. The average molecular weight is 379 g/mol. The van der Waals surface area contributed by atoms with Gasteiger partial charge < -0.3 is 19.9 Å². The second-order valence-corrected chi connectivity index (χ2v) is 7.35. The predicted octanol–water partition coefficient (Wildman–Crippen LogP) is 2.99. The van der Waals surface area contributed by atoms with Crippen molar-refractivity contribution in [2.24, 2.45) is 0 Å². The lowest BCUT2D eigenvalue weighted by atomic mass is 10.1. The first kappa shape index (κ1) is 18.3. The van der Waals surface area contributed by atoms with E-state index in [0.29, 0.717) is 38.3 Å². The lowest BCUT2D eigenvalue weighted by Gasteiger charge is -2.24. The number of aryl methyl sites for hydroxylation is 1. The van der Waals surface area contributed by atoms with Crippen LogP contribution in [-0.2, 0) is 0 Å². The first-order valence-corrected chi connectivity index (χ1v) is 9.75. The molecule has 0 aliphatic carbocycles. The summed E-state index contributed by atoms with van der Waals surface area (Å²) < 4.78 is 5.64. The van der Waals surface area contributed by atoms with E-state index in [4.69, 9.17) is 4.74 Å². The first-order valence-electron chi connectivity index (χ1n) is 9.75. The molecule has 2 aromatic carbocycles. The third-order valence-electron chi connectivity index (χ3n) is 5.33. The smallest absolute Gasteiger partial charge is 0.318 e. The third kappa shape index (κ3) is 3.81. The molecule has 0 spiro atoms. The van der Waals surface area contributed by atoms with Crippen LogP contribution in [0.3, 0.4) is 0 Å². The van der Waals surface area contributed by atoms with Gasteiger partial charge in [-0.1, -0.05) is 35.9 Å². The van der Waals surface area contributed by atoms with Gasteiger partial charge in [0.15, 0.2) is 0 Å². The van der Waals surface area contributed by atoms with Crippen LogP contribution in [0.25, 0.3) is 0 Å². The molecule has 0 radical (unpaired) electrons. The molecule has 4 rings (SSSR count). The Morgan fingerprint density at radius 1 is 1.00 bits per heavy atom. The van der Waals surface area contributed by atoms with Crippen molar-refractivity contribution >= 4 is 11.9 Å². The largest absolute Gasteiger partial charge is 0.491 e. The highest BCUT2D eigenvalue weighted by atomic mass is 16.5. The van der Waals surface area contributed by atoms with Crippen LogP contribution in [0.5, 0.6) is 5.75 Å². The number of hydrogen-bond donors (Lipinski definition) is 1. The molecule has 6 nitrogen and oxygen atoms in total. The lowest BCUT2D eigenvalue weighted by Crippen LogP contribution is -2.44. The van der Waals surface area contributed by atoms with Gasteiger partial charge in [0.1, 0.15) is 12.4 Å². The number of rotatable bonds is 2. The van der Waals surface area contributed by atoms with Crippen LogP contribution in [0.4, 0.5) is 4.79 Å². The highest BCUT2D eigenvalue weighted by Gasteiger charge is 2.28. The second-order valence-electron chi connectivity index (χ2n) is 7.35. The summed E-state index contributed by atoms with van der Waals surface area (Å²) in [6.45, 7) is 4.80. The van der Waals surface area contributed by atoms with Gasteiger partial charge in [0.2, 0.25) is 0 Å². The van der Waals surface area contributed by atoms with E-state index in [1.165, 1.54) is 0 Å². The van der Waals surface area contributed by atoms with Crippen molar-refractivity contribution in [1.82, 2.24) is 15.1 Å². The minimum atomic E-state index is -0.128. The molecule has 2 heterocycles. The number of amides is 3. The molecule has 0 saturated carbocycles. The summed E-state index contributed by atoms with van der Waals surface area (Å²) in [5.74, 6) is 0.864. The van der Waals surface area contributed by atoms with Crippen LogP contribution in [0.2, 0.25) is 0 Å². The number of ether oxygens (including phenoxy) is 1. The Kier molecular flexibility index (Phi) is 5.19. The Morgan fingerprint density at radius 2 is 1.79 bits per heavy atom. The Balaban J connectivity index is 1.36. The van der Waals surface area contributed by atoms with E-state index in [2.05, 4.69) is 5.32 Å². The van der Waals surface area contributed by atoms with Gasteiger partial charge in [-0.25, -0.2) is 4.79 Å². The van der Waals surface area contributed by atoms with Gasteiger partial charge in [-0.05, 0) is 31.5 Å². The molecule has 0 aromatic heterocycles. The third-order valence-corrected chi connectivity index (χ3v) is 5.33. The summed E-state index contributed by atoms with van der Waals surface area (Å²) in [5, 5.41) is 3.07. The summed E-state index contributed by atoms with van der Waals surface area (Å²) in [6, 6.07) is 15.2. The van der Waals surface area contributed by atoms with E-state index >= 15 is 0 Å². The van der Waals surface area contributed by atoms with Gasteiger partial charge in [-0.15, -0.1) is 0 Å². The van der Waals surface area contributed by atoms with E-state index in [9.17, 15) is 9.59 Å². The minimum absolute atomic E-state index is 0.0316. The molecule has 1 N–H and O–H groups in total. The molecule has 0 unspecified atom stereocenters. The van der Waals surface area contributed by atoms with E-state index < -0.39 is 0 Å². The molecular weight excluding hydrogens is 354 g/mol. The van der Waals surface area contributed by atoms with Gasteiger partial charge in [0.05, 0.1) is 6.04 Å². The molecule has 3 amide bonds. The zero-order chi connectivity index (χ0) is 19.5. The maximum atomic E-state index is 12.8. The van der Waals surface area contributed by atoms with Crippen LogP contribution in [0, 0.1) is 6.92 Å². The van der Waals surface area contributed by atoms with E-state index in [1.54, 1.807) is 4.90 Å². The van der Waals surface area contributed by atoms with Crippen molar-refractivity contribution in [3.05, 3.63) is 65.2 Å². The van der Waals surface area contributed by atoms with Crippen LogP contribution >= 0.6 is 0 Å². The molecule has 0 bridgehead atoms. The number of benzene rings is 2. The summed E-state index contributed by atoms with van der Waals surface area (Å²) in [4.78, 5) is 29.2. The number of urea groups is 1. The summed E-state index contributed by atoms with van der Waals surface area (Å²) in [5.41, 5.74) is 2.79. The number of nitrogens with one attached hydrogen (secondary N) is 1. The second kappa shape index (κ2) is 7.92. The predicted molar refractivity (Wildman–Crippen MR) is 106 cm³/mol. The number of carbonyl (C=O) groups excluding carboxylic acids is 2. The summed E-state index contributed by atoms with van der Waals surface area (Å²) in [6.07, 6.45) is 0.767. The molecule has 1 atom stereocenters. The molecule has 2 aliphatic rings. The molecule has 2 aliphatic heterocycles. The van der Waals surface area contributed by atoms with Crippen LogP contribution in [0.1, 0.15) is 33.9 Å². The Hall–Kier alpha value is -3.02. The van der Waals surface area contributed by atoms with Gasteiger partial charge >= 0.3 is 6.03 Å². The van der Waals surface area contributed by atoms with E-state index in [-0.39, 0.29) is 18.0 Å². The molecule has 6 heteroatoms. The van der Waals surface area contributed by atoms with Crippen molar-refractivity contribution in [3.63, 3.8) is 0 Å². The Bertz CT molecular complexity index is 883. The highest BCUT2D eigenvalue weighted by molar-refractivity contribution is 5.94. The Labute approximate surface area is 165 Å². The normalized spacial score (nSPS) is 18.8. The minimum Gasteiger partial charge on any atom is -0.491 e. The quantitative estimate of drug-likeness (QED) is 0.873. The average Bonchev–Trinajstić information content (AvgIpc) is 2.94. The van der Waals surface area contributed by atoms with Gasteiger partial charge in [-0.3, -0.25) is 4.79 Å². The van der Waals surface area contributed by atoms with Gasteiger partial charge in [0, 0.05) is 37.3 Å². The van der Waals surface area contributed by atoms with Crippen LogP contribution in [0.15, 0.2) is 48.5 Å². The summed E-state index contributed by atoms with van der Waals surface area (Å²) in [7, 11) is 0. The summed E-state index contributed by atoms with van der Waals surface area (Å²) >= 11 is 0. The number of fused-ring (bicyclic) bond motifs is 1. The molecule has 146 valence electrons. The molecule has 2 aromatic rings. The number of para-hydroxylation sites is 1. The number of nitrogens with zero attached hydrogens (tertiary/aromatic N) is 2. The molecule has 28 heavy (non-hydrogen) atoms. The van der Waals surface area contributed by atoms with Crippen molar-refractivity contribution in [2.45, 2.75) is 19.4 Å². The standard InChI is InChI=1S/C22H25N3O3/c1-16-6-4-7-17(14-16)21(26)24-10-5-11-25(13-12-24)22(27)23-19-15-28-20-9-3-2-8-18(19)20/h2-4,6-9,14,19H,5,10-13,15H2,1H3,(H,23,27)/t19-/m1/s1. The van der Waals surface area contributed by atoms with Crippen LogP contribution < -0.4 is 10.1 Å². The highest BCUT2D eigenvalue weighted by Crippen LogP contribution is 2.31. The SMILES string of the molecule is Cc1cccc(C(=O)N2CCCN(C(=O)N[C@@H]3COc4ccccc43)CC2)c1. The zero-order valence-corrected chi connectivity index (χ0v) is 16.1. The number of hydrogen-bond acceptors (Lipinski definition) is 3. The fraction of sp³-hybridized carbons (Fsp3) is 0.364. The van der Waals surface area contributed by atoms with Crippen molar-refractivity contribution in [3.8, 4) is 5.75 Å².